The third kappa shape index (κ3) is 3.27. The minimum absolute atomic E-state index is 0.352. The lowest BCUT2D eigenvalue weighted by atomic mass is 9.95. The van der Waals surface area contributed by atoms with E-state index in [4.69, 9.17) is 0 Å². The average molecular weight is 312 g/mol. The third-order valence-electron chi connectivity index (χ3n) is 2.98. The Hall–Kier alpha value is -0.660. The second kappa shape index (κ2) is 5.38. The maximum atomic E-state index is 13.1. The zero-order valence-electron chi connectivity index (χ0n) is 9.67. The van der Waals surface area contributed by atoms with E-state index in [1.165, 1.54) is 0 Å². The number of halogens is 7. The van der Waals surface area contributed by atoms with Crippen molar-refractivity contribution in [2.45, 2.75) is 55.4 Å². The van der Waals surface area contributed by atoms with E-state index in [1.54, 1.807) is 5.32 Å². The number of hydrogen-bond acceptors (Lipinski definition) is 1. The van der Waals surface area contributed by atoms with Gasteiger partial charge in [-0.1, -0.05) is 19.3 Å². The van der Waals surface area contributed by atoms with Crippen LogP contribution in [0.25, 0.3) is 0 Å². The molecule has 9 heteroatoms. The molecule has 1 aliphatic rings. The van der Waals surface area contributed by atoms with E-state index in [0.29, 0.717) is 25.7 Å². The minimum atomic E-state index is -5.96. The van der Waals surface area contributed by atoms with Crippen LogP contribution in [-0.4, -0.2) is 29.2 Å². The fourth-order valence-electron chi connectivity index (χ4n) is 1.84. The smallest absolute Gasteiger partial charge is 0.348 e. The minimum Gasteiger partial charge on any atom is -0.348 e. The van der Waals surface area contributed by atoms with Crippen molar-refractivity contribution in [2.24, 2.45) is 0 Å². The highest BCUT2D eigenvalue weighted by molar-refractivity contribution is 6.22. The molecule has 0 unspecified atom stereocenters. The summed E-state index contributed by atoms with van der Waals surface area (Å²) >= 11 is 3.95. The zero-order valence-corrected chi connectivity index (χ0v) is 10.4. The summed E-state index contributed by atoms with van der Waals surface area (Å²) in [5.41, 5.74) is 0. The van der Waals surface area contributed by atoms with Crippen LogP contribution in [0.4, 0.5) is 26.3 Å². The van der Waals surface area contributed by atoms with Crippen LogP contribution in [0.1, 0.15) is 32.1 Å². The standard InChI is InChI=1S/C10H12ClF6NO/c11-10(16,17)9(14,15)8(12,13)7(19)18-6-4-2-1-3-5-6/h6H,1-5H2,(H,18,19). The molecule has 1 fully saturated rings. The fourth-order valence-corrected chi connectivity index (χ4v) is 1.96. The van der Waals surface area contributed by atoms with E-state index in [1.807, 2.05) is 0 Å². The molecule has 0 aliphatic heterocycles. The van der Waals surface area contributed by atoms with Crippen molar-refractivity contribution in [1.29, 1.82) is 0 Å². The van der Waals surface area contributed by atoms with E-state index in [9.17, 15) is 31.1 Å². The summed E-state index contributed by atoms with van der Waals surface area (Å²) in [6.07, 6.45) is 2.85. The monoisotopic (exact) mass is 311 g/mol. The van der Waals surface area contributed by atoms with E-state index >= 15 is 0 Å². The van der Waals surface area contributed by atoms with Crippen LogP contribution in [0.5, 0.6) is 0 Å². The van der Waals surface area contributed by atoms with Gasteiger partial charge in [-0.25, -0.2) is 0 Å². The molecule has 0 aromatic rings. The Morgan fingerprint density at radius 2 is 1.47 bits per heavy atom. The highest BCUT2D eigenvalue weighted by Crippen LogP contribution is 2.48. The number of carbonyl (C=O) groups is 1. The zero-order chi connectivity index (χ0) is 14.9. The van der Waals surface area contributed by atoms with Crippen molar-refractivity contribution in [1.82, 2.24) is 5.32 Å². The third-order valence-corrected chi connectivity index (χ3v) is 3.21. The van der Waals surface area contributed by atoms with Gasteiger partial charge in [-0.2, -0.15) is 26.3 Å². The quantitative estimate of drug-likeness (QED) is 0.624. The molecule has 0 atom stereocenters. The summed E-state index contributed by atoms with van der Waals surface area (Å²) in [6, 6.07) is -0.702. The first kappa shape index (κ1) is 16.4. The fraction of sp³-hybridized carbons (Fsp3) is 0.900. The van der Waals surface area contributed by atoms with Crippen molar-refractivity contribution in [2.75, 3.05) is 0 Å². The molecule has 2 nitrogen and oxygen atoms in total. The van der Waals surface area contributed by atoms with Crippen LogP contribution in [0, 0.1) is 0 Å². The van der Waals surface area contributed by atoms with Gasteiger partial charge in [0.25, 0.3) is 5.91 Å². The molecule has 1 saturated carbocycles. The molecule has 0 saturated heterocycles. The molecule has 1 aliphatic carbocycles. The lowest BCUT2D eigenvalue weighted by Crippen LogP contribution is -2.60. The van der Waals surface area contributed by atoms with E-state index in [2.05, 4.69) is 11.6 Å². The van der Waals surface area contributed by atoms with Gasteiger partial charge in [-0.15, -0.1) is 0 Å². The van der Waals surface area contributed by atoms with Crippen molar-refractivity contribution in [3.8, 4) is 0 Å². The van der Waals surface area contributed by atoms with Crippen LogP contribution in [0.2, 0.25) is 0 Å². The number of nitrogens with one attached hydrogen (secondary N) is 1. The Labute approximate surface area is 110 Å². The van der Waals surface area contributed by atoms with Crippen molar-refractivity contribution in [3.63, 3.8) is 0 Å². The van der Waals surface area contributed by atoms with E-state index < -0.39 is 29.2 Å². The molecule has 1 rings (SSSR count). The largest absolute Gasteiger partial charge is 0.395 e. The average Bonchev–Trinajstić information content (AvgIpc) is 2.28. The van der Waals surface area contributed by atoms with Crippen molar-refractivity contribution < 1.29 is 31.1 Å². The van der Waals surface area contributed by atoms with Gasteiger partial charge in [-0.05, 0) is 24.4 Å². The van der Waals surface area contributed by atoms with Gasteiger partial charge in [0.15, 0.2) is 0 Å². The van der Waals surface area contributed by atoms with Gasteiger partial charge in [0, 0.05) is 6.04 Å². The summed E-state index contributed by atoms with van der Waals surface area (Å²) in [5, 5.41) is -3.84. The lowest BCUT2D eigenvalue weighted by molar-refractivity contribution is -0.269. The number of rotatable bonds is 4. The lowest BCUT2D eigenvalue weighted by Gasteiger charge is -2.30. The Kier molecular flexibility index (Phi) is 4.64. The number of alkyl halides is 7. The molecule has 0 heterocycles. The Morgan fingerprint density at radius 3 is 1.89 bits per heavy atom. The van der Waals surface area contributed by atoms with Crippen molar-refractivity contribution >= 4 is 17.5 Å². The number of hydrogen-bond donors (Lipinski definition) is 1. The van der Waals surface area contributed by atoms with Gasteiger partial charge in [-0.3, -0.25) is 4.79 Å². The summed E-state index contributed by atoms with van der Waals surface area (Å²) < 4.78 is 76.5. The topological polar surface area (TPSA) is 29.1 Å². The summed E-state index contributed by atoms with van der Waals surface area (Å²) in [7, 11) is 0. The first-order valence-electron chi connectivity index (χ1n) is 5.63. The Balaban J connectivity index is 2.78. The molecule has 1 amide bonds. The van der Waals surface area contributed by atoms with Gasteiger partial charge < -0.3 is 5.32 Å². The molecule has 0 aromatic carbocycles. The molecule has 19 heavy (non-hydrogen) atoms. The first-order chi connectivity index (χ1) is 8.50. The first-order valence-corrected chi connectivity index (χ1v) is 6.01. The summed E-state index contributed by atoms with van der Waals surface area (Å²) in [5.74, 6) is -14.0. The van der Waals surface area contributed by atoms with Crippen LogP contribution in [0.15, 0.2) is 0 Å². The van der Waals surface area contributed by atoms with Gasteiger partial charge >= 0.3 is 17.2 Å². The molecular weight excluding hydrogens is 300 g/mol. The molecular formula is C10H12ClF6NO. The second-order valence-electron chi connectivity index (χ2n) is 4.45. The van der Waals surface area contributed by atoms with E-state index in [0.717, 1.165) is 6.42 Å². The summed E-state index contributed by atoms with van der Waals surface area (Å²) in [4.78, 5) is 11.1. The normalized spacial score (nSPS) is 19.3. The van der Waals surface area contributed by atoms with Crippen LogP contribution >= 0.6 is 11.6 Å². The molecule has 0 radical (unpaired) electrons. The molecule has 0 bridgehead atoms. The maximum Gasteiger partial charge on any atom is 0.395 e. The Morgan fingerprint density at radius 1 is 1.00 bits per heavy atom. The predicted molar refractivity (Wildman–Crippen MR) is 55.7 cm³/mol. The van der Waals surface area contributed by atoms with Crippen LogP contribution in [0.3, 0.4) is 0 Å². The van der Waals surface area contributed by atoms with Crippen LogP contribution in [-0.2, 0) is 4.79 Å². The maximum absolute atomic E-state index is 13.1. The van der Waals surface area contributed by atoms with Crippen LogP contribution < -0.4 is 5.32 Å². The molecule has 1 N–H and O–H groups in total. The van der Waals surface area contributed by atoms with Gasteiger partial charge in [0.1, 0.15) is 0 Å². The number of carbonyl (C=O) groups excluding carboxylic acids is 1. The number of amides is 1. The second-order valence-corrected chi connectivity index (χ2v) is 4.93. The summed E-state index contributed by atoms with van der Waals surface area (Å²) in [6.45, 7) is 0. The SMILES string of the molecule is O=C(NC1CCCCC1)C(F)(F)C(F)(F)C(F)(F)Cl. The van der Waals surface area contributed by atoms with E-state index in [-0.39, 0.29) is 0 Å². The predicted octanol–water partition coefficient (Wildman–Crippen LogP) is 3.54. The highest BCUT2D eigenvalue weighted by atomic mass is 35.5. The molecule has 0 aromatic heterocycles. The highest BCUT2D eigenvalue weighted by Gasteiger charge is 2.74. The van der Waals surface area contributed by atoms with Gasteiger partial charge in [0.2, 0.25) is 0 Å². The van der Waals surface area contributed by atoms with Gasteiger partial charge in [0.05, 0.1) is 0 Å². The molecule has 0 spiro atoms. The van der Waals surface area contributed by atoms with Crippen molar-refractivity contribution in [3.05, 3.63) is 0 Å². The Bertz CT molecular complexity index is 337. The molecule has 112 valence electrons.